The number of morpholine rings is 1. The number of ether oxygens (including phenoxy) is 1. The Kier molecular flexibility index (Phi) is 4.53. The molecule has 4 heteroatoms. The van der Waals surface area contributed by atoms with E-state index < -0.39 is 0 Å². The number of carbonyl (C=O) groups excluding carboxylic acids is 1. The van der Waals surface area contributed by atoms with Crippen LogP contribution >= 0.6 is 0 Å². The van der Waals surface area contributed by atoms with Gasteiger partial charge < -0.3 is 10.1 Å². The van der Waals surface area contributed by atoms with Crippen LogP contribution in [0.3, 0.4) is 0 Å². The van der Waals surface area contributed by atoms with Gasteiger partial charge in [0.05, 0.1) is 13.2 Å². The zero-order valence-corrected chi connectivity index (χ0v) is 9.82. The Morgan fingerprint density at radius 1 is 1.41 bits per heavy atom. The Hall–Kier alpha value is -1.39. The average molecular weight is 233 g/mol. The number of amides is 1. The van der Waals surface area contributed by atoms with E-state index in [9.17, 15) is 4.79 Å². The van der Waals surface area contributed by atoms with Crippen molar-refractivity contribution in [2.24, 2.45) is 0 Å². The lowest BCUT2D eigenvalue weighted by atomic mass is 10.2. The van der Waals surface area contributed by atoms with Crippen molar-refractivity contribution in [2.45, 2.75) is 0 Å². The molecule has 1 aliphatic rings. The third kappa shape index (κ3) is 3.84. The Labute approximate surface area is 102 Å². The first kappa shape index (κ1) is 12.1. The number of rotatable bonds is 4. The number of nitrogens with one attached hydrogen (secondary N) is 1. The van der Waals surface area contributed by atoms with E-state index in [0.717, 1.165) is 32.8 Å². The SMILES string of the molecule is O=C(NCCN1CCOCC1)c1[c]cccc1. The van der Waals surface area contributed by atoms with Gasteiger partial charge in [-0.05, 0) is 12.1 Å². The largest absolute Gasteiger partial charge is 0.379 e. The van der Waals surface area contributed by atoms with Crippen LogP contribution < -0.4 is 5.32 Å². The van der Waals surface area contributed by atoms with Crippen molar-refractivity contribution in [3.05, 3.63) is 35.9 Å². The summed E-state index contributed by atoms with van der Waals surface area (Å²) < 4.78 is 5.26. The topological polar surface area (TPSA) is 41.6 Å². The molecular weight excluding hydrogens is 216 g/mol. The summed E-state index contributed by atoms with van der Waals surface area (Å²) in [7, 11) is 0. The quantitative estimate of drug-likeness (QED) is 0.825. The summed E-state index contributed by atoms with van der Waals surface area (Å²) in [6, 6.07) is 10.1. The van der Waals surface area contributed by atoms with E-state index >= 15 is 0 Å². The van der Waals surface area contributed by atoms with Crippen molar-refractivity contribution in [2.75, 3.05) is 39.4 Å². The summed E-state index contributed by atoms with van der Waals surface area (Å²) in [4.78, 5) is 14.0. The Morgan fingerprint density at radius 2 is 2.24 bits per heavy atom. The van der Waals surface area contributed by atoms with Crippen molar-refractivity contribution in [1.29, 1.82) is 0 Å². The maximum absolute atomic E-state index is 11.7. The summed E-state index contributed by atoms with van der Waals surface area (Å²) in [5.41, 5.74) is 0.592. The van der Waals surface area contributed by atoms with E-state index in [4.69, 9.17) is 4.74 Å². The zero-order valence-electron chi connectivity index (χ0n) is 9.82. The molecule has 0 aromatic heterocycles. The summed E-state index contributed by atoms with van der Waals surface area (Å²) in [6.45, 7) is 5.03. The van der Waals surface area contributed by atoms with Gasteiger partial charge in [-0.15, -0.1) is 0 Å². The molecule has 1 heterocycles. The van der Waals surface area contributed by atoms with Crippen LogP contribution in [0.25, 0.3) is 0 Å². The van der Waals surface area contributed by atoms with E-state index in [2.05, 4.69) is 16.3 Å². The highest BCUT2D eigenvalue weighted by Crippen LogP contribution is 1.97. The molecule has 1 N–H and O–H groups in total. The van der Waals surface area contributed by atoms with Gasteiger partial charge in [0.15, 0.2) is 0 Å². The van der Waals surface area contributed by atoms with E-state index in [0.29, 0.717) is 12.1 Å². The predicted octanol–water partition coefficient (Wildman–Crippen LogP) is 0.549. The van der Waals surface area contributed by atoms with Gasteiger partial charge in [0.25, 0.3) is 5.91 Å². The second-order valence-corrected chi connectivity index (χ2v) is 3.99. The first-order valence-corrected chi connectivity index (χ1v) is 5.91. The third-order valence-corrected chi connectivity index (χ3v) is 2.77. The molecule has 1 aliphatic heterocycles. The van der Waals surface area contributed by atoms with Crippen LogP contribution in [0.2, 0.25) is 0 Å². The second kappa shape index (κ2) is 6.37. The minimum atomic E-state index is -0.0566. The molecule has 0 spiro atoms. The lowest BCUT2D eigenvalue weighted by Crippen LogP contribution is -2.41. The van der Waals surface area contributed by atoms with E-state index in [-0.39, 0.29) is 5.91 Å². The van der Waals surface area contributed by atoms with Gasteiger partial charge in [-0.2, -0.15) is 0 Å². The molecule has 0 unspecified atom stereocenters. The molecule has 4 nitrogen and oxygen atoms in total. The fraction of sp³-hybridized carbons (Fsp3) is 0.462. The number of nitrogens with zero attached hydrogens (tertiary/aromatic N) is 1. The van der Waals surface area contributed by atoms with Gasteiger partial charge in [-0.1, -0.05) is 18.2 Å². The second-order valence-electron chi connectivity index (χ2n) is 3.99. The van der Waals surface area contributed by atoms with Crippen molar-refractivity contribution >= 4 is 5.91 Å². The van der Waals surface area contributed by atoms with Crippen LogP contribution in [-0.2, 0) is 4.74 Å². The molecule has 0 bridgehead atoms. The first-order valence-electron chi connectivity index (χ1n) is 5.91. The maximum Gasteiger partial charge on any atom is 0.251 e. The van der Waals surface area contributed by atoms with Crippen molar-refractivity contribution < 1.29 is 9.53 Å². The van der Waals surface area contributed by atoms with Crippen LogP contribution in [0, 0.1) is 6.07 Å². The molecule has 1 saturated heterocycles. The van der Waals surface area contributed by atoms with Gasteiger partial charge in [-0.25, -0.2) is 0 Å². The molecule has 1 aromatic carbocycles. The van der Waals surface area contributed by atoms with Crippen LogP contribution in [0.5, 0.6) is 0 Å². The molecule has 1 aromatic rings. The molecule has 2 rings (SSSR count). The molecule has 91 valence electrons. The maximum atomic E-state index is 11.7. The first-order chi connectivity index (χ1) is 8.36. The molecule has 1 radical (unpaired) electrons. The zero-order chi connectivity index (χ0) is 11.9. The molecule has 1 fully saturated rings. The standard InChI is InChI=1S/C13H17N2O2/c16-13(12-4-2-1-3-5-12)14-6-7-15-8-10-17-11-9-15/h1-4H,6-11H2,(H,14,16). The fourth-order valence-corrected chi connectivity index (χ4v) is 1.78. The van der Waals surface area contributed by atoms with Crippen LogP contribution in [-0.4, -0.2) is 50.2 Å². The van der Waals surface area contributed by atoms with Crippen molar-refractivity contribution in [1.82, 2.24) is 10.2 Å². The number of hydrogen-bond donors (Lipinski definition) is 1. The van der Waals surface area contributed by atoms with E-state index in [1.807, 2.05) is 12.1 Å². The lowest BCUT2D eigenvalue weighted by Gasteiger charge is -2.26. The highest BCUT2D eigenvalue weighted by atomic mass is 16.5. The van der Waals surface area contributed by atoms with Crippen LogP contribution in [0.1, 0.15) is 10.4 Å². The molecule has 0 aliphatic carbocycles. The summed E-state index contributed by atoms with van der Waals surface area (Å²) >= 11 is 0. The van der Waals surface area contributed by atoms with E-state index in [1.54, 1.807) is 12.1 Å². The Bertz CT molecular complexity index is 348. The lowest BCUT2D eigenvalue weighted by molar-refractivity contribution is 0.0383. The molecule has 17 heavy (non-hydrogen) atoms. The van der Waals surface area contributed by atoms with Gasteiger partial charge in [0.1, 0.15) is 0 Å². The summed E-state index contributed by atoms with van der Waals surface area (Å²) in [5, 5.41) is 2.89. The fourth-order valence-electron chi connectivity index (χ4n) is 1.78. The molecule has 0 atom stereocenters. The van der Waals surface area contributed by atoms with Gasteiger partial charge in [0, 0.05) is 31.7 Å². The number of benzene rings is 1. The number of hydrogen-bond acceptors (Lipinski definition) is 3. The minimum Gasteiger partial charge on any atom is -0.379 e. The third-order valence-electron chi connectivity index (χ3n) is 2.77. The van der Waals surface area contributed by atoms with Crippen molar-refractivity contribution in [3.8, 4) is 0 Å². The smallest absolute Gasteiger partial charge is 0.251 e. The monoisotopic (exact) mass is 233 g/mol. The Balaban J connectivity index is 1.69. The average Bonchev–Trinajstić information content (AvgIpc) is 2.41. The minimum absolute atomic E-state index is 0.0566. The highest BCUT2D eigenvalue weighted by Gasteiger charge is 2.10. The van der Waals surface area contributed by atoms with Gasteiger partial charge in [0.2, 0.25) is 0 Å². The molecule has 1 amide bonds. The van der Waals surface area contributed by atoms with E-state index in [1.165, 1.54) is 0 Å². The normalized spacial score (nSPS) is 16.7. The molecular formula is C13H17N2O2. The summed E-state index contributed by atoms with van der Waals surface area (Å²) in [5.74, 6) is -0.0566. The highest BCUT2D eigenvalue weighted by molar-refractivity contribution is 5.93. The predicted molar refractivity (Wildman–Crippen MR) is 64.9 cm³/mol. The van der Waals surface area contributed by atoms with Crippen molar-refractivity contribution in [3.63, 3.8) is 0 Å². The molecule has 0 saturated carbocycles. The van der Waals surface area contributed by atoms with Gasteiger partial charge in [-0.3, -0.25) is 9.69 Å². The summed E-state index contributed by atoms with van der Waals surface area (Å²) in [6.07, 6.45) is 0. The van der Waals surface area contributed by atoms with Crippen LogP contribution in [0.4, 0.5) is 0 Å². The van der Waals surface area contributed by atoms with Crippen LogP contribution in [0.15, 0.2) is 24.3 Å². The van der Waals surface area contributed by atoms with Gasteiger partial charge >= 0.3 is 0 Å². The number of carbonyl (C=O) groups is 1. The Morgan fingerprint density at radius 3 is 2.94 bits per heavy atom.